The minimum Gasteiger partial charge on any atom is -0.400 e. The van der Waals surface area contributed by atoms with E-state index in [1.165, 1.54) is 24.3 Å². The molecule has 0 saturated carbocycles. The van der Waals surface area contributed by atoms with Crippen LogP contribution in [0.3, 0.4) is 0 Å². The van der Waals surface area contributed by atoms with E-state index in [9.17, 15) is 0 Å². The summed E-state index contributed by atoms with van der Waals surface area (Å²) in [5.74, 6) is 5.37. The van der Waals surface area contributed by atoms with E-state index in [0.717, 1.165) is 0 Å². The van der Waals surface area contributed by atoms with E-state index in [0.29, 0.717) is 5.92 Å². The average Bonchev–Trinajstić information content (AvgIpc) is 2.46. The van der Waals surface area contributed by atoms with Crippen molar-refractivity contribution in [3.8, 4) is 0 Å². The minimum atomic E-state index is -0.219. The van der Waals surface area contributed by atoms with Crippen molar-refractivity contribution in [2.24, 2.45) is 5.92 Å². The van der Waals surface area contributed by atoms with E-state index in [1.54, 1.807) is 0 Å². The van der Waals surface area contributed by atoms with Gasteiger partial charge in [0.2, 0.25) is 0 Å². The molecule has 0 aliphatic carbocycles. The van der Waals surface area contributed by atoms with Crippen LogP contribution in [0.5, 0.6) is 0 Å². The van der Waals surface area contributed by atoms with Gasteiger partial charge in [0, 0.05) is 0 Å². The number of rotatable bonds is 2. The first-order valence-corrected chi connectivity index (χ1v) is 7.68. The van der Waals surface area contributed by atoms with Crippen molar-refractivity contribution in [1.29, 1.82) is 0 Å². The second kappa shape index (κ2) is 4.98. The Morgan fingerprint density at radius 3 is 2.35 bits per heavy atom. The van der Waals surface area contributed by atoms with Crippen LogP contribution in [0.15, 0.2) is 12.1 Å². The summed E-state index contributed by atoms with van der Waals surface area (Å²) in [7, 11) is -0.174. The zero-order valence-corrected chi connectivity index (χ0v) is 12.2. The Morgan fingerprint density at radius 1 is 1.18 bits per heavy atom. The topological polar surface area (TPSA) is 18.5 Å². The molecule has 2 fully saturated rings. The Morgan fingerprint density at radius 2 is 1.82 bits per heavy atom. The summed E-state index contributed by atoms with van der Waals surface area (Å²) in [5, 5.41) is 0. The molecule has 0 radical (unpaired) electrons. The summed E-state index contributed by atoms with van der Waals surface area (Å²) in [5.41, 5.74) is -0.438. The van der Waals surface area contributed by atoms with Crippen molar-refractivity contribution in [3.63, 3.8) is 0 Å². The molecule has 0 aromatic carbocycles. The van der Waals surface area contributed by atoms with Gasteiger partial charge in [-0.2, -0.15) is 11.8 Å². The largest absolute Gasteiger partial charge is 0.486 e. The Kier molecular flexibility index (Phi) is 3.96. The van der Waals surface area contributed by atoms with E-state index in [2.05, 4.69) is 51.5 Å². The third-order valence-electron chi connectivity index (χ3n) is 4.01. The molecule has 0 N–H and O–H groups in total. The molecule has 4 heteroatoms. The van der Waals surface area contributed by atoms with Crippen LogP contribution in [0, 0.1) is 5.92 Å². The highest BCUT2D eigenvalue weighted by Crippen LogP contribution is 2.37. The molecular formula is C13H23BO2S. The van der Waals surface area contributed by atoms with Gasteiger partial charge in [0.05, 0.1) is 11.2 Å². The molecule has 0 amide bonds. The molecule has 2 aliphatic rings. The van der Waals surface area contributed by atoms with Crippen LogP contribution in [0.2, 0.25) is 0 Å². The first-order chi connectivity index (χ1) is 7.91. The van der Waals surface area contributed by atoms with Crippen molar-refractivity contribution in [2.75, 3.05) is 11.5 Å². The predicted molar refractivity (Wildman–Crippen MR) is 75.3 cm³/mol. The number of allylic oxidation sites excluding steroid dienone is 1. The molecule has 0 bridgehead atoms. The van der Waals surface area contributed by atoms with Gasteiger partial charge in [0.1, 0.15) is 0 Å². The van der Waals surface area contributed by atoms with Crippen LogP contribution >= 0.6 is 11.8 Å². The summed E-state index contributed by atoms with van der Waals surface area (Å²) < 4.78 is 11.9. The average molecular weight is 254 g/mol. The van der Waals surface area contributed by atoms with Crippen LogP contribution in [0.25, 0.3) is 0 Å². The Balaban J connectivity index is 1.90. The van der Waals surface area contributed by atoms with Gasteiger partial charge in [-0.25, -0.2) is 0 Å². The van der Waals surface area contributed by atoms with E-state index < -0.39 is 0 Å². The lowest BCUT2D eigenvalue weighted by Gasteiger charge is -2.32. The minimum absolute atomic E-state index is 0.174. The molecule has 0 aromatic rings. The summed E-state index contributed by atoms with van der Waals surface area (Å²) in [6.07, 6.45) is 4.93. The van der Waals surface area contributed by atoms with Crippen LogP contribution in [0.1, 0.15) is 40.5 Å². The van der Waals surface area contributed by atoms with Crippen molar-refractivity contribution in [1.82, 2.24) is 0 Å². The van der Waals surface area contributed by atoms with Gasteiger partial charge in [-0.15, -0.1) is 0 Å². The smallest absolute Gasteiger partial charge is 0.400 e. The van der Waals surface area contributed by atoms with Gasteiger partial charge < -0.3 is 9.31 Å². The van der Waals surface area contributed by atoms with Gasteiger partial charge >= 0.3 is 7.12 Å². The predicted octanol–water partition coefficient (Wildman–Crippen LogP) is 3.32. The standard InChI is InChI=1S/C13H23BO2S/c1-12(2)13(3,4)16-14(15-12)8-7-11-6-5-9-17-10-11/h7-8,11H,5-6,9-10H2,1-4H3/b8-7+. The Bertz CT molecular complexity index is 280. The maximum atomic E-state index is 5.94. The highest BCUT2D eigenvalue weighted by molar-refractivity contribution is 7.99. The lowest BCUT2D eigenvalue weighted by atomic mass is 9.87. The second-order valence-electron chi connectivity index (χ2n) is 5.99. The molecule has 1 atom stereocenters. The monoisotopic (exact) mass is 254 g/mol. The van der Waals surface area contributed by atoms with Crippen molar-refractivity contribution in [2.45, 2.75) is 51.7 Å². The Labute approximate surface area is 110 Å². The first-order valence-electron chi connectivity index (χ1n) is 6.52. The molecule has 2 nitrogen and oxygen atoms in total. The van der Waals surface area contributed by atoms with Crippen LogP contribution in [-0.4, -0.2) is 29.8 Å². The van der Waals surface area contributed by atoms with Gasteiger partial charge in [-0.3, -0.25) is 0 Å². The highest BCUT2D eigenvalue weighted by atomic mass is 32.2. The Hall–Kier alpha value is 0.0749. The fourth-order valence-corrected chi connectivity index (χ4v) is 3.25. The lowest BCUT2D eigenvalue weighted by molar-refractivity contribution is 0.00578. The molecule has 2 aliphatic heterocycles. The fraction of sp³-hybridized carbons (Fsp3) is 0.846. The summed E-state index contributed by atoms with van der Waals surface area (Å²) in [6.45, 7) is 8.38. The fourth-order valence-electron chi connectivity index (χ4n) is 2.13. The van der Waals surface area contributed by atoms with Gasteiger partial charge in [0.25, 0.3) is 0 Å². The first kappa shape index (κ1) is 13.5. The van der Waals surface area contributed by atoms with Gasteiger partial charge in [0.15, 0.2) is 0 Å². The lowest BCUT2D eigenvalue weighted by Crippen LogP contribution is -2.41. The quantitative estimate of drug-likeness (QED) is 0.704. The van der Waals surface area contributed by atoms with Gasteiger partial charge in [-0.1, -0.05) is 12.1 Å². The van der Waals surface area contributed by atoms with Crippen molar-refractivity contribution < 1.29 is 9.31 Å². The zero-order chi connectivity index (χ0) is 12.5. The van der Waals surface area contributed by atoms with Gasteiger partial charge in [-0.05, 0) is 58.0 Å². The molecule has 0 spiro atoms. The summed E-state index contributed by atoms with van der Waals surface area (Å²) in [6, 6.07) is 0. The molecular weight excluding hydrogens is 231 g/mol. The molecule has 17 heavy (non-hydrogen) atoms. The maximum Gasteiger partial charge on any atom is 0.486 e. The normalized spacial score (nSPS) is 32.2. The molecule has 2 rings (SSSR count). The van der Waals surface area contributed by atoms with E-state index in [-0.39, 0.29) is 18.3 Å². The number of thioether (sulfide) groups is 1. The highest BCUT2D eigenvalue weighted by Gasteiger charge is 2.50. The molecule has 2 heterocycles. The van der Waals surface area contributed by atoms with Crippen molar-refractivity contribution >= 4 is 18.9 Å². The SMILES string of the molecule is CC1(C)OB(/C=C/C2CCCSC2)OC1(C)C. The van der Waals surface area contributed by atoms with Crippen LogP contribution in [-0.2, 0) is 9.31 Å². The molecule has 1 unspecified atom stereocenters. The number of hydrogen-bond acceptors (Lipinski definition) is 3. The molecule has 2 saturated heterocycles. The third kappa shape index (κ3) is 3.10. The van der Waals surface area contributed by atoms with E-state index in [4.69, 9.17) is 9.31 Å². The summed E-state index contributed by atoms with van der Waals surface area (Å²) in [4.78, 5) is 0. The van der Waals surface area contributed by atoms with E-state index >= 15 is 0 Å². The number of hydrogen-bond donors (Lipinski definition) is 0. The maximum absolute atomic E-state index is 5.94. The summed E-state index contributed by atoms with van der Waals surface area (Å²) >= 11 is 2.05. The second-order valence-corrected chi connectivity index (χ2v) is 7.14. The van der Waals surface area contributed by atoms with Crippen LogP contribution in [0.4, 0.5) is 0 Å². The zero-order valence-electron chi connectivity index (χ0n) is 11.4. The van der Waals surface area contributed by atoms with Crippen molar-refractivity contribution in [3.05, 3.63) is 12.1 Å². The van der Waals surface area contributed by atoms with E-state index in [1.807, 2.05) is 0 Å². The molecule has 96 valence electrons. The molecule has 0 aromatic heterocycles. The van der Waals surface area contributed by atoms with Crippen LogP contribution < -0.4 is 0 Å². The third-order valence-corrected chi connectivity index (χ3v) is 5.25.